The maximum absolute atomic E-state index is 11.5. The average Bonchev–Trinajstić information content (AvgIpc) is 3.01. The van der Waals surface area contributed by atoms with Gasteiger partial charge in [-0.15, -0.1) is 11.3 Å². The molecule has 1 aliphatic heterocycles. The Balaban J connectivity index is 1.65. The van der Waals surface area contributed by atoms with Gasteiger partial charge in [0, 0.05) is 30.2 Å². The number of anilines is 2. The van der Waals surface area contributed by atoms with E-state index in [-0.39, 0.29) is 6.04 Å². The van der Waals surface area contributed by atoms with Crippen molar-refractivity contribution in [2.24, 2.45) is 0 Å². The molecule has 3 rings (SSSR count). The second-order valence-electron chi connectivity index (χ2n) is 5.55. The van der Waals surface area contributed by atoms with Crippen molar-refractivity contribution in [2.45, 2.75) is 18.9 Å². The van der Waals surface area contributed by atoms with Gasteiger partial charge in [-0.3, -0.25) is 0 Å². The van der Waals surface area contributed by atoms with Crippen LogP contribution in [0.1, 0.15) is 12.8 Å². The summed E-state index contributed by atoms with van der Waals surface area (Å²) in [5.41, 5.74) is 6.86. The third-order valence-corrected chi connectivity index (χ3v) is 6.07. The van der Waals surface area contributed by atoms with Crippen LogP contribution in [0, 0.1) is 0 Å². The van der Waals surface area contributed by atoms with Gasteiger partial charge < -0.3 is 11.1 Å². The maximum Gasteiger partial charge on any atom is 0.224 e. The summed E-state index contributed by atoms with van der Waals surface area (Å²) in [6.45, 7) is 1.03. The van der Waals surface area contributed by atoms with Crippen molar-refractivity contribution in [3.63, 3.8) is 0 Å². The lowest BCUT2D eigenvalue weighted by Crippen LogP contribution is -2.42. The third kappa shape index (κ3) is 3.80. The van der Waals surface area contributed by atoms with E-state index in [1.54, 1.807) is 17.5 Å². The first-order chi connectivity index (χ1) is 10.9. The van der Waals surface area contributed by atoms with Crippen molar-refractivity contribution >= 4 is 33.1 Å². The zero-order chi connectivity index (χ0) is 16.4. The molecule has 1 saturated heterocycles. The van der Waals surface area contributed by atoms with E-state index < -0.39 is 10.0 Å². The minimum absolute atomic E-state index is 0.153. The van der Waals surface area contributed by atoms with Gasteiger partial charge in [0.1, 0.15) is 5.82 Å². The van der Waals surface area contributed by atoms with Crippen molar-refractivity contribution in [1.29, 1.82) is 0 Å². The Labute approximate surface area is 139 Å². The maximum atomic E-state index is 11.5. The number of thiophene rings is 1. The fraction of sp³-hybridized carbons (Fsp3) is 0.429. The van der Waals surface area contributed by atoms with Gasteiger partial charge in [-0.1, -0.05) is 6.07 Å². The molecule has 9 heteroatoms. The fourth-order valence-corrected chi connectivity index (χ4v) is 4.22. The summed E-state index contributed by atoms with van der Waals surface area (Å²) >= 11 is 1.59. The number of hydrogen-bond donors (Lipinski definition) is 2. The molecule has 0 aliphatic carbocycles. The van der Waals surface area contributed by atoms with Crippen LogP contribution in [0.15, 0.2) is 23.7 Å². The number of piperidine rings is 1. The zero-order valence-electron chi connectivity index (χ0n) is 12.8. The lowest BCUT2D eigenvalue weighted by atomic mass is 10.1. The second kappa shape index (κ2) is 6.42. The number of rotatable bonds is 4. The van der Waals surface area contributed by atoms with Crippen molar-refractivity contribution in [2.75, 3.05) is 30.4 Å². The van der Waals surface area contributed by atoms with Crippen LogP contribution in [0.3, 0.4) is 0 Å². The monoisotopic (exact) mass is 353 g/mol. The van der Waals surface area contributed by atoms with Gasteiger partial charge in [-0.2, -0.15) is 4.98 Å². The topological polar surface area (TPSA) is 101 Å². The zero-order valence-corrected chi connectivity index (χ0v) is 14.4. The molecule has 1 aliphatic rings. The summed E-state index contributed by atoms with van der Waals surface area (Å²) in [5, 5.41) is 5.23. The first-order valence-corrected chi connectivity index (χ1v) is 10.0. The van der Waals surface area contributed by atoms with Crippen LogP contribution < -0.4 is 11.1 Å². The Morgan fingerprint density at radius 2 is 2.13 bits per heavy atom. The Kier molecular flexibility index (Phi) is 4.51. The molecule has 0 saturated carbocycles. The summed E-state index contributed by atoms with van der Waals surface area (Å²) in [7, 11) is -3.10. The predicted molar refractivity (Wildman–Crippen MR) is 92.8 cm³/mol. The Morgan fingerprint density at radius 3 is 2.70 bits per heavy atom. The predicted octanol–water partition coefficient (Wildman–Crippen LogP) is 1.62. The number of nitrogens with zero attached hydrogens (tertiary/aromatic N) is 3. The van der Waals surface area contributed by atoms with Crippen LogP contribution in [-0.4, -0.2) is 48.1 Å². The van der Waals surface area contributed by atoms with E-state index in [1.165, 1.54) is 10.6 Å². The van der Waals surface area contributed by atoms with Crippen LogP contribution in [0.4, 0.5) is 11.8 Å². The van der Waals surface area contributed by atoms with Crippen LogP contribution in [0.2, 0.25) is 0 Å². The first kappa shape index (κ1) is 16.2. The highest BCUT2D eigenvalue weighted by Gasteiger charge is 2.25. The minimum Gasteiger partial charge on any atom is -0.383 e. The molecule has 2 aromatic rings. The van der Waals surface area contributed by atoms with E-state index in [0.717, 1.165) is 23.3 Å². The molecule has 0 amide bonds. The summed E-state index contributed by atoms with van der Waals surface area (Å²) in [4.78, 5) is 9.69. The molecule has 0 atom stereocenters. The highest BCUT2D eigenvalue weighted by Crippen LogP contribution is 2.28. The average molecular weight is 353 g/mol. The molecule has 7 nitrogen and oxygen atoms in total. The highest BCUT2D eigenvalue weighted by atomic mass is 32.2. The van der Waals surface area contributed by atoms with Crippen LogP contribution in [0.25, 0.3) is 10.4 Å². The van der Waals surface area contributed by atoms with E-state index in [1.807, 2.05) is 17.5 Å². The van der Waals surface area contributed by atoms with E-state index >= 15 is 0 Å². The number of hydrogen-bond acceptors (Lipinski definition) is 7. The molecule has 3 heterocycles. The normalized spacial score (nSPS) is 17.3. The minimum atomic E-state index is -3.10. The van der Waals surface area contributed by atoms with Gasteiger partial charge in [0.05, 0.1) is 11.8 Å². The van der Waals surface area contributed by atoms with Gasteiger partial charge in [-0.25, -0.2) is 17.7 Å². The van der Waals surface area contributed by atoms with Crippen molar-refractivity contribution < 1.29 is 8.42 Å². The summed E-state index contributed by atoms with van der Waals surface area (Å²) in [6.07, 6.45) is 4.42. The fourth-order valence-electron chi connectivity index (χ4n) is 2.60. The molecule has 0 radical (unpaired) electrons. The molecule has 0 aromatic carbocycles. The first-order valence-electron chi connectivity index (χ1n) is 7.31. The summed E-state index contributed by atoms with van der Waals surface area (Å²) < 4.78 is 24.5. The Bertz CT molecular complexity index is 768. The van der Waals surface area contributed by atoms with Crippen LogP contribution in [0.5, 0.6) is 0 Å². The molecule has 1 fully saturated rings. The van der Waals surface area contributed by atoms with E-state index in [0.29, 0.717) is 24.9 Å². The van der Waals surface area contributed by atoms with Crippen molar-refractivity contribution in [3.05, 3.63) is 23.7 Å². The lowest BCUT2D eigenvalue weighted by Gasteiger charge is -2.30. The number of sulfonamides is 1. The van der Waals surface area contributed by atoms with Gasteiger partial charge in [0.25, 0.3) is 0 Å². The number of nitrogen functional groups attached to an aromatic ring is 1. The van der Waals surface area contributed by atoms with Crippen molar-refractivity contribution in [1.82, 2.24) is 14.3 Å². The largest absolute Gasteiger partial charge is 0.383 e. The smallest absolute Gasteiger partial charge is 0.224 e. The molecule has 0 bridgehead atoms. The van der Waals surface area contributed by atoms with Crippen LogP contribution >= 0.6 is 11.3 Å². The molecular formula is C14H19N5O2S2. The molecule has 23 heavy (non-hydrogen) atoms. The molecular weight excluding hydrogens is 334 g/mol. The van der Waals surface area contributed by atoms with Crippen molar-refractivity contribution in [3.8, 4) is 10.4 Å². The lowest BCUT2D eigenvalue weighted by molar-refractivity contribution is 0.331. The van der Waals surface area contributed by atoms with Gasteiger partial charge in [0.15, 0.2) is 0 Å². The van der Waals surface area contributed by atoms with E-state index in [4.69, 9.17) is 5.73 Å². The highest BCUT2D eigenvalue weighted by molar-refractivity contribution is 7.88. The van der Waals surface area contributed by atoms with E-state index in [2.05, 4.69) is 15.3 Å². The summed E-state index contributed by atoms with van der Waals surface area (Å²) in [6, 6.07) is 4.09. The standard InChI is InChI=1S/C14H19N5O2S2/c1-23(20,21)19-6-4-10(5-7-19)17-14-16-9-11(13(15)18-14)12-3-2-8-22-12/h2-3,8-10H,4-7H2,1H3,(H3,15,16,17,18). The van der Waals surface area contributed by atoms with Crippen LogP contribution in [-0.2, 0) is 10.0 Å². The molecule has 124 valence electrons. The summed E-state index contributed by atoms with van der Waals surface area (Å²) in [5.74, 6) is 0.930. The molecule has 0 spiro atoms. The number of aromatic nitrogens is 2. The number of nitrogens with one attached hydrogen (secondary N) is 1. The Hall–Kier alpha value is -1.71. The van der Waals surface area contributed by atoms with Gasteiger partial charge in [0.2, 0.25) is 16.0 Å². The van der Waals surface area contributed by atoms with E-state index in [9.17, 15) is 8.42 Å². The SMILES string of the molecule is CS(=O)(=O)N1CCC(Nc2ncc(-c3cccs3)c(N)n2)CC1. The molecule has 0 unspecified atom stereocenters. The number of nitrogens with two attached hydrogens (primary N) is 1. The quantitative estimate of drug-likeness (QED) is 0.866. The molecule has 2 aromatic heterocycles. The Morgan fingerprint density at radius 1 is 1.39 bits per heavy atom. The molecule has 3 N–H and O–H groups in total. The third-order valence-electron chi connectivity index (χ3n) is 3.86. The van der Waals surface area contributed by atoms with Gasteiger partial charge in [-0.05, 0) is 24.3 Å². The van der Waals surface area contributed by atoms with Gasteiger partial charge >= 0.3 is 0 Å². The second-order valence-corrected chi connectivity index (χ2v) is 8.48.